The Kier molecular flexibility index (Phi) is 9.93. The molecule has 0 radical (unpaired) electrons. The Morgan fingerprint density at radius 3 is 2.59 bits per heavy atom. The lowest BCUT2D eigenvalue weighted by molar-refractivity contribution is 0.0495. The maximum atomic E-state index is 14.3. The van der Waals surface area contributed by atoms with Crippen molar-refractivity contribution in [2.75, 3.05) is 36.6 Å². The zero-order valence-corrected chi connectivity index (χ0v) is 23.0. The Labute approximate surface area is 236 Å². The van der Waals surface area contributed by atoms with Crippen LogP contribution in [0.25, 0.3) is 5.57 Å². The highest BCUT2D eigenvalue weighted by atomic mass is 19.3. The zero-order chi connectivity index (χ0) is 29.5. The minimum atomic E-state index is -3.10. The fourth-order valence-electron chi connectivity index (χ4n) is 4.61. The zero-order valence-electron chi connectivity index (χ0n) is 23.0. The maximum Gasteiger partial charge on any atom is 0.273 e. The number of morpholine rings is 1. The Hall–Kier alpha value is -3.99. The van der Waals surface area contributed by atoms with Crippen molar-refractivity contribution in [1.29, 1.82) is 0 Å². The molecule has 0 spiro atoms. The Balaban J connectivity index is 1.48. The first kappa shape index (κ1) is 30.0. The fraction of sp³-hybridized carbons (Fsp3) is 0.367. The molecule has 3 aromatic rings. The van der Waals surface area contributed by atoms with Crippen molar-refractivity contribution < 1.29 is 27.1 Å². The highest BCUT2D eigenvalue weighted by Gasteiger charge is 2.22. The van der Waals surface area contributed by atoms with Gasteiger partial charge in [0.25, 0.3) is 12.3 Å². The molecule has 1 aromatic heterocycles. The van der Waals surface area contributed by atoms with Gasteiger partial charge in [-0.25, -0.2) is 22.5 Å². The Morgan fingerprint density at radius 2 is 1.88 bits per heavy atom. The highest BCUT2D eigenvalue weighted by Crippen LogP contribution is 2.28. The van der Waals surface area contributed by atoms with Gasteiger partial charge in [-0.3, -0.25) is 15.6 Å². The van der Waals surface area contributed by atoms with E-state index in [0.717, 1.165) is 17.3 Å². The summed E-state index contributed by atoms with van der Waals surface area (Å²) in [6.45, 7) is 10.1. The lowest BCUT2D eigenvalue weighted by Crippen LogP contribution is -2.38. The lowest BCUT2D eigenvalue weighted by Gasteiger charge is -2.28. The van der Waals surface area contributed by atoms with E-state index >= 15 is 0 Å². The number of aromatic nitrogens is 2. The molecule has 4 rings (SSSR count). The standard InChI is InChI=1S/C30H33F4N5O2/c1-18(2)13-23-16-21(19(3)14-20-5-4-6-22(15-20)26(32)27(33)34)7-8-24(23)29(40)37-38-30-35-17-25(31)28(36-30)39-9-11-41-12-10-39/h4-8,15-18,26-27H,3,9-14H2,1-2H3,(H,37,40)(H,35,36,38). The first-order chi connectivity index (χ1) is 19.6. The Morgan fingerprint density at radius 1 is 1.12 bits per heavy atom. The average molecular weight is 572 g/mol. The van der Waals surface area contributed by atoms with Gasteiger partial charge in [0.1, 0.15) is 0 Å². The number of halogens is 4. The number of amides is 1. The van der Waals surface area contributed by atoms with Crippen LogP contribution in [-0.4, -0.2) is 48.6 Å². The van der Waals surface area contributed by atoms with Crippen molar-refractivity contribution >= 4 is 23.2 Å². The van der Waals surface area contributed by atoms with Gasteiger partial charge in [-0.05, 0) is 52.7 Å². The largest absolute Gasteiger partial charge is 0.378 e. The van der Waals surface area contributed by atoms with Gasteiger partial charge in [0, 0.05) is 18.7 Å². The second-order valence-corrected chi connectivity index (χ2v) is 10.3. The molecule has 1 fully saturated rings. The van der Waals surface area contributed by atoms with Crippen LogP contribution >= 0.6 is 0 Å². The van der Waals surface area contributed by atoms with Crippen LogP contribution in [0.2, 0.25) is 0 Å². The summed E-state index contributed by atoms with van der Waals surface area (Å²) >= 11 is 0. The van der Waals surface area contributed by atoms with E-state index in [-0.39, 0.29) is 23.2 Å². The number of nitrogens with one attached hydrogen (secondary N) is 2. The fourth-order valence-corrected chi connectivity index (χ4v) is 4.61. The van der Waals surface area contributed by atoms with E-state index in [9.17, 15) is 22.4 Å². The second kappa shape index (κ2) is 13.6. The summed E-state index contributed by atoms with van der Waals surface area (Å²) in [5, 5.41) is 0. The third-order valence-electron chi connectivity index (χ3n) is 6.62. The van der Waals surface area contributed by atoms with Gasteiger partial charge in [-0.1, -0.05) is 56.8 Å². The van der Waals surface area contributed by atoms with Gasteiger partial charge in [-0.2, -0.15) is 4.98 Å². The molecule has 2 N–H and O–H groups in total. The average Bonchev–Trinajstić information content (AvgIpc) is 2.96. The number of benzene rings is 2. The van der Waals surface area contributed by atoms with Gasteiger partial charge in [0.15, 0.2) is 17.8 Å². The summed E-state index contributed by atoms with van der Waals surface area (Å²) in [6, 6.07) is 11.4. The van der Waals surface area contributed by atoms with Crippen molar-refractivity contribution in [3.05, 3.63) is 88.9 Å². The summed E-state index contributed by atoms with van der Waals surface area (Å²) in [7, 11) is 0. The molecule has 7 nitrogen and oxygen atoms in total. The summed E-state index contributed by atoms with van der Waals surface area (Å²) in [5.74, 6) is -0.579. The van der Waals surface area contributed by atoms with Crippen LogP contribution in [0.15, 0.2) is 55.2 Å². The third-order valence-corrected chi connectivity index (χ3v) is 6.62. The van der Waals surface area contributed by atoms with Crippen LogP contribution in [0.4, 0.5) is 29.3 Å². The van der Waals surface area contributed by atoms with Gasteiger partial charge in [0.2, 0.25) is 5.95 Å². The number of ether oxygens (including phenoxy) is 1. The second-order valence-electron chi connectivity index (χ2n) is 10.3. The minimum absolute atomic E-state index is 0.0428. The number of hydrazine groups is 1. The number of carbonyl (C=O) groups excluding carboxylic acids is 1. The molecule has 218 valence electrons. The van der Waals surface area contributed by atoms with Crippen molar-refractivity contribution in [2.24, 2.45) is 5.92 Å². The Bertz CT molecular complexity index is 1380. The molecule has 2 heterocycles. The van der Waals surface area contributed by atoms with E-state index in [1.807, 2.05) is 19.9 Å². The third kappa shape index (κ3) is 7.81. The number of anilines is 2. The number of allylic oxidation sites excluding steroid dienone is 1. The van der Waals surface area contributed by atoms with Crippen LogP contribution in [0.1, 0.15) is 52.6 Å². The molecule has 41 heavy (non-hydrogen) atoms. The monoisotopic (exact) mass is 571 g/mol. The molecule has 1 atom stereocenters. The number of hydrogen-bond donors (Lipinski definition) is 2. The van der Waals surface area contributed by atoms with Crippen LogP contribution < -0.4 is 15.8 Å². The molecule has 0 saturated carbocycles. The van der Waals surface area contributed by atoms with E-state index in [1.165, 1.54) is 12.1 Å². The molecule has 1 saturated heterocycles. The van der Waals surface area contributed by atoms with Gasteiger partial charge in [0.05, 0.1) is 19.4 Å². The smallest absolute Gasteiger partial charge is 0.273 e. The first-order valence-electron chi connectivity index (χ1n) is 13.4. The first-order valence-corrected chi connectivity index (χ1v) is 13.4. The van der Waals surface area contributed by atoms with Crippen LogP contribution in [0.3, 0.4) is 0 Å². The topological polar surface area (TPSA) is 79.4 Å². The molecule has 1 aliphatic heterocycles. The van der Waals surface area contributed by atoms with Crippen molar-refractivity contribution in [3.63, 3.8) is 0 Å². The molecule has 11 heteroatoms. The van der Waals surface area contributed by atoms with Crippen LogP contribution in [0, 0.1) is 11.7 Å². The van der Waals surface area contributed by atoms with E-state index in [0.29, 0.717) is 55.8 Å². The van der Waals surface area contributed by atoms with Gasteiger partial charge < -0.3 is 9.64 Å². The lowest BCUT2D eigenvalue weighted by atomic mass is 9.91. The molecular weight excluding hydrogens is 538 g/mol. The minimum Gasteiger partial charge on any atom is -0.378 e. The van der Waals surface area contributed by atoms with Crippen molar-refractivity contribution in [1.82, 2.24) is 15.4 Å². The summed E-state index contributed by atoms with van der Waals surface area (Å²) in [5.41, 5.74) is 8.53. The number of alkyl halides is 3. The molecule has 1 aliphatic rings. The van der Waals surface area contributed by atoms with Crippen molar-refractivity contribution in [3.8, 4) is 0 Å². The maximum absolute atomic E-state index is 14.3. The van der Waals surface area contributed by atoms with Crippen LogP contribution in [0.5, 0.6) is 0 Å². The molecule has 2 aromatic carbocycles. The van der Waals surface area contributed by atoms with E-state index in [1.54, 1.807) is 29.2 Å². The molecule has 0 aliphatic carbocycles. The predicted octanol–water partition coefficient (Wildman–Crippen LogP) is 5.94. The highest BCUT2D eigenvalue weighted by molar-refractivity contribution is 5.96. The van der Waals surface area contributed by atoms with E-state index in [4.69, 9.17) is 4.74 Å². The quantitative estimate of drug-likeness (QED) is 0.219. The summed E-state index contributed by atoms with van der Waals surface area (Å²) < 4.78 is 59.1. The summed E-state index contributed by atoms with van der Waals surface area (Å²) in [6.07, 6.45) is -3.47. The van der Waals surface area contributed by atoms with E-state index < -0.39 is 24.3 Å². The molecule has 1 unspecified atom stereocenters. The SMILES string of the molecule is C=C(Cc1cccc(C(F)C(F)F)c1)c1ccc(C(=O)NNc2ncc(F)c(N3CCOCC3)n2)c(CC(C)C)c1. The number of nitrogens with zero attached hydrogens (tertiary/aromatic N) is 3. The van der Waals surface area contributed by atoms with Crippen molar-refractivity contribution in [2.45, 2.75) is 39.3 Å². The van der Waals surface area contributed by atoms with Crippen LogP contribution in [-0.2, 0) is 17.6 Å². The van der Waals surface area contributed by atoms with E-state index in [2.05, 4.69) is 27.4 Å². The number of rotatable bonds is 11. The predicted molar refractivity (Wildman–Crippen MR) is 150 cm³/mol. The summed E-state index contributed by atoms with van der Waals surface area (Å²) in [4.78, 5) is 23.1. The number of hydrogen-bond acceptors (Lipinski definition) is 6. The normalized spacial score (nSPS) is 14.3. The molecular formula is C30H33F4N5O2. The molecule has 0 bridgehead atoms. The van der Waals surface area contributed by atoms with Gasteiger partial charge in [-0.15, -0.1) is 0 Å². The van der Waals surface area contributed by atoms with Gasteiger partial charge >= 0.3 is 0 Å². The number of carbonyl (C=O) groups is 1. The molecule has 1 amide bonds.